The number of ketones is 1. The molecule has 0 bridgehead atoms. The molecule has 2 spiro atoms. The van der Waals surface area contributed by atoms with Crippen molar-refractivity contribution in [1.82, 2.24) is 9.47 Å². The Kier molecular flexibility index (Phi) is 7.58. The second-order valence-electron chi connectivity index (χ2n) is 12.8. The van der Waals surface area contributed by atoms with Gasteiger partial charge in [-0.25, -0.2) is 4.79 Å². The molecule has 12 heteroatoms. The molecule has 4 aliphatic rings. The van der Waals surface area contributed by atoms with E-state index in [4.69, 9.17) is 9.47 Å². The predicted molar refractivity (Wildman–Crippen MR) is 191 cm³/mol. The average molecular weight is 790 g/mol. The molecule has 0 N–H and O–H groups in total. The van der Waals surface area contributed by atoms with E-state index in [9.17, 15) is 14.4 Å². The summed E-state index contributed by atoms with van der Waals surface area (Å²) in [7, 11) is 2.42. The molecule has 0 radical (unpaired) electrons. The highest BCUT2D eigenvalue weighted by Crippen LogP contribution is 2.71. The van der Waals surface area contributed by atoms with E-state index in [0.717, 1.165) is 46.4 Å². The number of benzene rings is 3. The largest absolute Gasteiger partial charge is 0.469 e. The molecule has 1 aromatic heterocycles. The smallest absolute Gasteiger partial charge is 0.379 e. The molecule has 4 atom stereocenters. The van der Waals surface area contributed by atoms with E-state index in [1.807, 2.05) is 42.5 Å². The van der Waals surface area contributed by atoms with Crippen LogP contribution in [0, 0.1) is 9.49 Å². The summed E-state index contributed by atoms with van der Waals surface area (Å²) in [5.74, 6) is -4.69. The monoisotopic (exact) mass is 789 g/mol. The van der Waals surface area contributed by atoms with Crippen LogP contribution in [-0.2, 0) is 35.8 Å². The highest BCUT2D eigenvalue weighted by Gasteiger charge is 2.81. The summed E-state index contributed by atoms with van der Waals surface area (Å²) in [6.45, 7) is 2.90. The van der Waals surface area contributed by atoms with Gasteiger partial charge < -0.3 is 14.4 Å². The molecule has 5 heterocycles. The number of hydrogen-bond acceptors (Lipinski definition) is 9. The van der Waals surface area contributed by atoms with Crippen LogP contribution in [-0.4, -0.2) is 71.1 Å². The van der Waals surface area contributed by atoms with E-state index in [1.165, 1.54) is 11.7 Å². The van der Waals surface area contributed by atoms with Gasteiger partial charge in [0, 0.05) is 33.3 Å². The van der Waals surface area contributed by atoms with E-state index in [1.54, 1.807) is 29.2 Å². The number of Topliss-reactive ketones (excluding diaryl/α,β-unsaturated/α-hetero) is 1. The molecule has 3 aromatic carbocycles. The van der Waals surface area contributed by atoms with Crippen LogP contribution in [0.3, 0.4) is 0 Å². The van der Waals surface area contributed by atoms with E-state index in [2.05, 4.69) is 34.4 Å². The molecule has 1 fully saturated rings. The number of carbonyl (C=O) groups is 5. The predicted octanol–water partition coefficient (Wildman–Crippen LogP) is 5.53. The molecular weight excluding hydrogens is 757 g/mol. The van der Waals surface area contributed by atoms with E-state index in [-0.39, 0.29) is 16.5 Å². The number of fused-ring (bicyclic) bond motifs is 10. The molecule has 4 aliphatic heterocycles. The molecule has 8 rings (SSSR count). The summed E-state index contributed by atoms with van der Waals surface area (Å²) < 4.78 is 11.1. The van der Waals surface area contributed by atoms with Crippen LogP contribution in [0.15, 0.2) is 71.8 Å². The number of aromatic nitrogens is 1. The van der Waals surface area contributed by atoms with Gasteiger partial charge in [-0.15, -0.1) is 0 Å². The number of anilines is 1. The first-order valence-electron chi connectivity index (χ1n) is 16.2. The van der Waals surface area contributed by atoms with Crippen LogP contribution in [0.25, 0.3) is 10.9 Å². The Hall–Kier alpha value is -4.01. The van der Waals surface area contributed by atoms with Gasteiger partial charge in [-0.3, -0.25) is 28.6 Å². The van der Waals surface area contributed by atoms with Gasteiger partial charge >= 0.3 is 11.9 Å². The Morgan fingerprint density at radius 1 is 0.980 bits per heavy atom. The standard InChI is InChI=1S/C37H32IN3O7S/c1-4-5-17-39-26-15-14-21(38)19-24(26)36(34(39)45)29(33(44)48-3)37(30-22-11-7-6-10-20(22)16-18-40(30)36)35(46)41-25-13-9-8-12-23(25)27(31(41)49-37)28(42)32(43)47-2/h6-15,19,29-30H,4-5,16-18H2,1-3H3/t29-,30?,36+,37-/m0/s1. The summed E-state index contributed by atoms with van der Waals surface area (Å²) in [6, 6.07) is 19.8. The normalized spacial score (nSPS) is 25.1. The zero-order valence-corrected chi connectivity index (χ0v) is 30.0. The third kappa shape index (κ3) is 4.01. The van der Waals surface area contributed by atoms with E-state index in [0.29, 0.717) is 41.7 Å². The lowest BCUT2D eigenvalue weighted by atomic mass is 9.73. The summed E-state index contributed by atoms with van der Waals surface area (Å²) in [5.41, 5.74) is 2.10. The molecule has 0 saturated carbocycles. The van der Waals surface area contributed by atoms with Gasteiger partial charge in [-0.05, 0) is 70.8 Å². The maximum absolute atomic E-state index is 15.6. The third-order valence-electron chi connectivity index (χ3n) is 10.6. The van der Waals surface area contributed by atoms with Crippen LogP contribution in [0.1, 0.15) is 57.7 Å². The molecule has 1 amide bonds. The molecular formula is C37H32IN3O7S. The Morgan fingerprint density at radius 3 is 2.49 bits per heavy atom. The van der Waals surface area contributed by atoms with Crippen molar-refractivity contribution in [1.29, 1.82) is 0 Å². The summed E-state index contributed by atoms with van der Waals surface area (Å²) in [6.07, 6.45) is 2.20. The van der Waals surface area contributed by atoms with Crippen molar-refractivity contribution in [3.63, 3.8) is 0 Å². The van der Waals surface area contributed by atoms with Crippen molar-refractivity contribution in [2.45, 2.75) is 47.5 Å². The molecule has 250 valence electrons. The number of rotatable bonds is 6. The minimum Gasteiger partial charge on any atom is -0.469 e. The number of ether oxygens (including phenoxy) is 2. The van der Waals surface area contributed by atoms with Crippen LogP contribution < -0.4 is 4.90 Å². The second-order valence-corrected chi connectivity index (χ2v) is 15.3. The fourth-order valence-electron chi connectivity index (χ4n) is 8.74. The van der Waals surface area contributed by atoms with Crippen molar-refractivity contribution in [3.05, 3.63) is 92.6 Å². The zero-order chi connectivity index (χ0) is 34.4. The SMILES string of the molecule is CCCCN1C(=O)[C@@]2(c3cc(I)ccc31)[C@H](C(=O)OC)[C@]1(Sc3c(C(=O)C(=O)OC)c4ccccc4n3C1=O)C1c3ccccc3CCN12. The lowest BCUT2D eigenvalue weighted by Crippen LogP contribution is -2.57. The number of unbranched alkanes of at least 4 members (excludes halogenated alkanes) is 1. The van der Waals surface area contributed by atoms with Crippen molar-refractivity contribution in [2.75, 3.05) is 32.2 Å². The molecule has 10 nitrogen and oxygen atoms in total. The number of carbonyl (C=O) groups excluding carboxylic acids is 5. The molecule has 1 unspecified atom stereocenters. The lowest BCUT2D eigenvalue weighted by molar-refractivity contribution is -0.153. The minimum absolute atomic E-state index is 0.0372. The third-order valence-corrected chi connectivity index (χ3v) is 12.8. The first-order chi connectivity index (χ1) is 23.7. The second kappa shape index (κ2) is 11.5. The summed E-state index contributed by atoms with van der Waals surface area (Å²) in [4.78, 5) is 76.1. The number of thioether (sulfide) groups is 1. The Bertz CT molecular complexity index is 2150. The van der Waals surface area contributed by atoms with Gasteiger partial charge in [-0.2, -0.15) is 0 Å². The van der Waals surface area contributed by atoms with Crippen molar-refractivity contribution in [2.24, 2.45) is 5.92 Å². The Balaban J connectivity index is 1.47. The number of halogens is 1. The van der Waals surface area contributed by atoms with E-state index >= 15 is 9.59 Å². The lowest BCUT2D eigenvalue weighted by Gasteiger charge is -2.42. The average Bonchev–Trinajstić information content (AvgIpc) is 3.77. The Morgan fingerprint density at radius 2 is 1.73 bits per heavy atom. The fourth-order valence-corrected chi connectivity index (χ4v) is 11.1. The van der Waals surface area contributed by atoms with Gasteiger partial charge in [0.05, 0.1) is 36.4 Å². The first-order valence-corrected chi connectivity index (χ1v) is 18.1. The van der Waals surface area contributed by atoms with Gasteiger partial charge in [0.2, 0.25) is 0 Å². The van der Waals surface area contributed by atoms with Crippen LogP contribution in [0.4, 0.5) is 5.69 Å². The number of para-hydroxylation sites is 1. The zero-order valence-electron chi connectivity index (χ0n) is 27.0. The van der Waals surface area contributed by atoms with Crippen molar-refractivity contribution < 1.29 is 33.4 Å². The van der Waals surface area contributed by atoms with Crippen LogP contribution in [0.5, 0.6) is 0 Å². The van der Waals surface area contributed by atoms with Crippen LogP contribution in [0.2, 0.25) is 0 Å². The summed E-state index contributed by atoms with van der Waals surface area (Å²) in [5, 5.41) is 0.668. The van der Waals surface area contributed by atoms with Gasteiger partial charge in [0.15, 0.2) is 0 Å². The van der Waals surface area contributed by atoms with Crippen molar-refractivity contribution in [3.8, 4) is 0 Å². The highest BCUT2D eigenvalue weighted by atomic mass is 127. The minimum atomic E-state index is -1.66. The molecule has 4 aromatic rings. The number of nitrogens with zero attached hydrogens (tertiary/aromatic N) is 3. The molecule has 49 heavy (non-hydrogen) atoms. The molecule has 1 saturated heterocycles. The quantitative estimate of drug-likeness (QED) is 0.108. The molecule has 0 aliphatic carbocycles. The van der Waals surface area contributed by atoms with E-state index < -0.39 is 45.9 Å². The van der Waals surface area contributed by atoms with Crippen molar-refractivity contribution >= 4 is 80.5 Å². The van der Waals surface area contributed by atoms with Gasteiger partial charge in [0.25, 0.3) is 17.6 Å². The fraction of sp³-hybridized carbons (Fsp3) is 0.324. The highest BCUT2D eigenvalue weighted by molar-refractivity contribution is 14.1. The topological polar surface area (TPSA) is 115 Å². The van der Waals surface area contributed by atoms with Crippen LogP contribution >= 0.6 is 34.4 Å². The number of amides is 1. The van der Waals surface area contributed by atoms with Gasteiger partial charge in [-0.1, -0.05) is 67.6 Å². The number of methoxy groups -OCH3 is 2. The van der Waals surface area contributed by atoms with Gasteiger partial charge in [0.1, 0.15) is 16.2 Å². The first kappa shape index (κ1) is 32.2. The maximum Gasteiger partial charge on any atom is 0.379 e. The number of esters is 2. The number of hydrogen-bond donors (Lipinski definition) is 0. The summed E-state index contributed by atoms with van der Waals surface area (Å²) >= 11 is 3.31. The Labute approximate surface area is 300 Å². The maximum atomic E-state index is 15.6.